The highest BCUT2D eigenvalue weighted by atomic mass is 32.2. The predicted octanol–water partition coefficient (Wildman–Crippen LogP) is 1.71. The Hall–Kier alpha value is -0.910. The smallest absolute Gasteiger partial charge is 0.241 e. The van der Waals surface area contributed by atoms with Gasteiger partial charge in [-0.1, -0.05) is 6.07 Å². The van der Waals surface area contributed by atoms with Crippen LogP contribution in [0.4, 0.5) is 0 Å². The third-order valence-corrected chi connectivity index (χ3v) is 4.99. The Kier molecular flexibility index (Phi) is 4.20. The van der Waals surface area contributed by atoms with Crippen LogP contribution >= 0.6 is 0 Å². The predicted molar refractivity (Wildman–Crippen MR) is 74.0 cm³/mol. The Morgan fingerprint density at radius 2 is 1.78 bits per heavy atom. The van der Waals surface area contributed by atoms with Crippen molar-refractivity contribution in [1.29, 1.82) is 0 Å². The molecule has 0 saturated carbocycles. The van der Waals surface area contributed by atoms with Gasteiger partial charge in [-0.15, -0.1) is 0 Å². The minimum absolute atomic E-state index is 0.277. The summed E-state index contributed by atoms with van der Waals surface area (Å²) in [5, 5.41) is 0. The molecule has 0 bridgehead atoms. The highest BCUT2D eigenvalue weighted by Gasteiger charge is 2.29. The van der Waals surface area contributed by atoms with Gasteiger partial charge in [-0.05, 0) is 57.9 Å². The minimum atomic E-state index is -3.53. The van der Waals surface area contributed by atoms with Crippen LogP contribution in [0.5, 0.6) is 0 Å². The zero-order valence-corrected chi connectivity index (χ0v) is 12.4. The van der Waals surface area contributed by atoms with Gasteiger partial charge in [0, 0.05) is 11.6 Å². The van der Waals surface area contributed by atoms with Gasteiger partial charge in [0.05, 0.1) is 4.90 Å². The van der Waals surface area contributed by atoms with Crippen molar-refractivity contribution >= 4 is 10.0 Å². The molecule has 1 atom stereocenters. The minimum Gasteiger partial charge on any atom is -0.326 e. The van der Waals surface area contributed by atoms with Crippen LogP contribution in [0.2, 0.25) is 0 Å². The van der Waals surface area contributed by atoms with E-state index in [9.17, 15) is 8.42 Å². The average molecular weight is 270 g/mol. The van der Waals surface area contributed by atoms with Crippen molar-refractivity contribution in [3.63, 3.8) is 0 Å². The molecule has 1 aromatic carbocycles. The molecule has 0 fully saturated rings. The molecule has 0 spiro atoms. The van der Waals surface area contributed by atoms with Gasteiger partial charge in [-0.25, -0.2) is 13.1 Å². The largest absolute Gasteiger partial charge is 0.326 e. The van der Waals surface area contributed by atoms with Crippen molar-refractivity contribution in [3.8, 4) is 0 Å². The number of hydrogen-bond donors (Lipinski definition) is 2. The average Bonchev–Trinajstić information content (AvgIpc) is 2.20. The van der Waals surface area contributed by atoms with Crippen molar-refractivity contribution in [3.05, 3.63) is 29.3 Å². The molecule has 0 aliphatic carbocycles. The maximum Gasteiger partial charge on any atom is 0.241 e. The summed E-state index contributed by atoms with van der Waals surface area (Å²) in [7, 11) is -3.53. The highest BCUT2D eigenvalue weighted by molar-refractivity contribution is 7.89. The van der Waals surface area contributed by atoms with Gasteiger partial charge in [-0.3, -0.25) is 0 Å². The second-order valence-corrected chi connectivity index (χ2v) is 7.04. The zero-order valence-electron chi connectivity index (χ0n) is 11.6. The Bertz CT molecular complexity index is 534. The van der Waals surface area contributed by atoms with Crippen LogP contribution in [0.1, 0.15) is 31.9 Å². The molecule has 1 aromatic rings. The Labute approximate surface area is 110 Å². The van der Waals surface area contributed by atoms with Gasteiger partial charge in [0.15, 0.2) is 0 Å². The lowest BCUT2D eigenvalue weighted by Crippen LogP contribution is -2.54. The molecule has 1 unspecified atom stereocenters. The summed E-state index contributed by atoms with van der Waals surface area (Å²) in [6.07, 6.45) is 0. The Morgan fingerprint density at radius 1 is 1.22 bits per heavy atom. The molecule has 0 aromatic heterocycles. The van der Waals surface area contributed by atoms with Crippen molar-refractivity contribution in [2.24, 2.45) is 5.73 Å². The molecule has 5 heteroatoms. The molecule has 1 rings (SSSR count). The fourth-order valence-electron chi connectivity index (χ4n) is 1.38. The maximum absolute atomic E-state index is 12.2. The van der Waals surface area contributed by atoms with Crippen LogP contribution < -0.4 is 10.5 Å². The Morgan fingerprint density at radius 3 is 2.22 bits per heavy atom. The van der Waals surface area contributed by atoms with Gasteiger partial charge < -0.3 is 5.73 Å². The van der Waals surface area contributed by atoms with Crippen LogP contribution in [-0.4, -0.2) is 20.0 Å². The fraction of sp³-hybridized carbons (Fsp3) is 0.538. The molecule has 18 heavy (non-hydrogen) atoms. The van der Waals surface area contributed by atoms with Crippen molar-refractivity contribution in [2.75, 3.05) is 0 Å². The Balaban J connectivity index is 3.11. The molecule has 3 N–H and O–H groups in total. The third kappa shape index (κ3) is 3.31. The molecule has 4 nitrogen and oxygen atoms in total. The summed E-state index contributed by atoms with van der Waals surface area (Å²) in [5.74, 6) is 0. The molecular weight excluding hydrogens is 248 g/mol. The molecule has 102 valence electrons. The first-order chi connectivity index (χ1) is 8.06. The lowest BCUT2D eigenvalue weighted by molar-refractivity contribution is 0.387. The van der Waals surface area contributed by atoms with Gasteiger partial charge >= 0.3 is 0 Å². The first-order valence-electron chi connectivity index (χ1n) is 5.93. The zero-order chi connectivity index (χ0) is 14.1. The lowest BCUT2D eigenvalue weighted by Gasteiger charge is -2.29. The van der Waals surface area contributed by atoms with Crippen LogP contribution in [0.15, 0.2) is 23.1 Å². The number of hydrogen-bond acceptors (Lipinski definition) is 3. The quantitative estimate of drug-likeness (QED) is 0.875. The summed E-state index contributed by atoms with van der Waals surface area (Å²) in [6.45, 7) is 9.17. The molecule has 0 saturated heterocycles. The first kappa shape index (κ1) is 15.1. The number of aryl methyl sites for hydroxylation is 2. The standard InChI is InChI=1S/C13H22N2O2S/c1-9-6-7-12(8-10(9)2)18(16,17)15-13(4,5)11(3)14/h6-8,11,15H,14H2,1-5H3. The topological polar surface area (TPSA) is 72.2 Å². The SMILES string of the molecule is Cc1ccc(S(=O)(=O)NC(C)(C)C(C)N)cc1C. The highest BCUT2D eigenvalue weighted by Crippen LogP contribution is 2.18. The molecular formula is C13H22N2O2S. The van der Waals surface area contributed by atoms with Crippen LogP contribution in [0.3, 0.4) is 0 Å². The lowest BCUT2D eigenvalue weighted by atomic mass is 9.99. The van der Waals surface area contributed by atoms with E-state index in [1.807, 2.05) is 19.9 Å². The molecule has 0 aliphatic rings. The van der Waals surface area contributed by atoms with E-state index >= 15 is 0 Å². The summed E-state index contributed by atoms with van der Waals surface area (Å²) >= 11 is 0. The summed E-state index contributed by atoms with van der Waals surface area (Å²) in [6, 6.07) is 4.82. The molecule has 0 amide bonds. The summed E-state index contributed by atoms with van der Waals surface area (Å²) < 4.78 is 27.1. The summed E-state index contributed by atoms with van der Waals surface area (Å²) in [5.41, 5.74) is 7.12. The monoisotopic (exact) mass is 270 g/mol. The first-order valence-corrected chi connectivity index (χ1v) is 7.41. The van der Waals surface area contributed by atoms with Gasteiger partial charge in [0.2, 0.25) is 10.0 Å². The fourth-order valence-corrected chi connectivity index (χ4v) is 2.95. The second kappa shape index (κ2) is 4.99. The van der Waals surface area contributed by atoms with Crippen molar-refractivity contribution in [1.82, 2.24) is 4.72 Å². The normalized spacial score (nSPS) is 14.6. The maximum atomic E-state index is 12.2. The molecule has 0 aliphatic heterocycles. The number of nitrogens with two attached hydrogens (primary N) is 1. The van der Waals surface area contributed by atoms with E-state index < -0.39 is 15.6 Å². The van der Waals surface area contributed by atoms with E-state index in [0.29, 0.717) is 0 Å². The second-order valence-electron chi connectivity index (χ2n) is 5.36. The van der Waals surface area contributed by atoms with Crippen LogP contribution in [0.25, 0.3) is 0 Å². The number of nitrogens with one attached hydrogen (secondary N) is 1. The number of rotatable bonds is 4. The van der Waals surface area contributed by atoms with E-state index in [1.54, 1.807) is 32.9 Å². The van der Waals surface area contributed by atoms with Gasteiger partial charge in [0.1, 0.15) is 0 Å². The van der Waals surface area contributed by atoms with Crippen molar-refractivity contribution in [2.45, 2.75) is 51.1 Å². The number of sulfonamides is 1. The third-order valence-electron chi connectivity index (χ3n) is 3.32. The van der Waals surface area contributed by atoms with E-state index in [2.05, 4.69) is 4.72 Å². The van der Waals surface area contributed by atoms with Crippen molar-refractivity contribution < 1.29 is 8.42 Å². The van der Waals surface area contributed by atoms with Crippen LogP contribution in [-0.2, 0) is 10.0 Å². The summed E-state index contributed by atoms with van der Waals surface area (Å²) in [4.78, 5) is 0.277. The van der Waals surface area contributed by atoms with E-state index in [4.69, 9.17) is 5.73 Å². The molecule has 0 radical (unpaired) electrons. The van der Waals surface area contributed by atoms with E-state index in [-0.39, 0.29) is 10.9 Å². The van der Waals surface area contributed by atoms with Gasteiger partial charge in [-0.2, -0.15) is 0 Å². The van der Waals surface area contributed by atoms with E-state index in [1.165, 1.54) is 0 Å². The van der Waals surface area contributed by atoms with Crippen LogP contribution in [0, 0.1) is 13.8 Å². The number of benzene rings is 1. The van der Waals surface area contributed by atoms with Gasteiger partial charge in [0.25, 0.3) is 0 Å². The molecule has 0 heterocycles. The van der Waals surface area contributed by atoms with E-state index in [0.717, 1.165) is 11.1 Å².